The third-order valence-corrected chi connectivity index (χ3v) is 2.68. The van der Waals surface area contributed by atoms with Crippen LogP contribution in [0, 0.1) is 0 Å². The predicted molar refractivity (Wildman–Crippen MR) is 62.7 cm³/mol. The minimum absolute atomic E-state index is 0.162. The number of rotatable bonds is 7. The molecular weight excluding hydrogens is 188 g/mol. The minimum Gasteiger partial charge on any atom is -0.356 e. The van der Waals surface area contributed by atoms with Crippen LogP contribution >= 0.6 is 0 Å². The van der Waals surface area contributed by atoms with E-state index in [1.54, 1.807) is 0 Å². The van der Waals surface area contributed by atoms with Gasteiger partial charge in [-0.3, -0.25) is 4.79 Å². The summed E-state index contributed by atoms with van der Waals surface area (Å²) in [5.41, 5.74) is 1.52. The SMILES string of the molecule is CCNCCC(=O)NCCC1=CCCC1. The van der Waals surface area contributed by atoms with Gasteiger partial charge in [-0.05, 0) is 32.2 Å². The van der Waals surface area contributed by atoms with Crippen molar-refractivity contribution in [3.05, 3.63) is 11.6 Å². The molecule has 0 aliphatic heterocycles. The molecule has 0 aromatic carbocycles. The van der Waals surface area contributed by atoms with E-state index in [0.29, 0.717) is 6.42 Å². The van der Waals surface area contributed by atoms with Crippen LogP contribution < -0.4 is 10.6 Å². The lowest BCUT2D eigenvalue weighted by Crippen LogP contribution is -2.28. The zero-order chi connectivity index (χ0) is 10.9. The molecule has 0 spiro atoms. The molecule has 3 nitrogen and oxygen atoms in total. The molecule has 1 amide bonds. The Balaban J connectivity index is 1.96. The summed E-state index contributed by atoms with van der Waals surface area (Å²) in [6, 6.07) is 0. The Labute approximate surface area is 92.3 Å². The predicted octanol–water partition coefficient (Wildman–Crippen LogP) is 1.60. The van der Waals surface area contributed by atoms with Gasteiger partial charge in [0.15, 0.2) is 0 Å². The van der Waals surface area contributed by atoms with E-state index in [9.17, 15) is 4.79 Å². The van der Waals surface area contributed by atoms with Gasteiger partial charge in [0.05, 0.1) is 0 Å². The van der Waals surface area contributed by atoms with Crippen LogP contribution in [0.3, 0.4) is 0 Å². The highest BCUT2D eigenvalue weighted by molar-refractivity contribution is 5.76. The van der Waals surface area contributed by atoms with Crippen LogP contribution in [0.1, 0.15) is 39.0 Å². The monoisotopic (exact) mass is 210 g/mol. The molecule has 0 radical (unpaired) electrons. The maximum atomic E-state index is 11.3. The van der Waals surface area contributed by atoms with Crippen LogP contribution in [0.25, 0.3) is 0 Å². The van der Waals surface area contributed by atoms with Crippen LogP contribution in [0.5, 0.6) is 0 Å². The van der Waals surface area contributed by atoms with Crippen molar-refractivity contribution in [3.63, 3.8) is 0 Å². The standard InChI is InChI=1S/C12H22N2O/c1-2-13-9-8-12(15)14-10-7-11-5-3-4-6-11/h5,13H,2-4,6-10H2,1H3,(H,14,15). The molecule has 15 heavy (non-hydrogen) atoms. The van der Waals surface area contributed by atoms with Crippen LogP contribution in [-0.2, 0) is 4.79 Å². The van der Waals surface area contributed by atoms with Crippen molar-refractivity contribution < 1.29 is 4.79 Å². The molecule has 3 heteroatoms. The Morgan fingerprint density at radius 2 is 2.33 bits per heavy atom. The first kappa shape index (κ1) is 12.2. The highest BCUT2D eigenvalue weighted by Crippen LogP contribution is 2.19. The lowest BCUT2D eigenvalue weighted by molar-refractivity contribution is -0.120. The van der Waals surface area contributed by atoms with E-state index in [0.717, 1.165) is 26.1 Å². The second-order valence-corrected chi connectivity index (χ2v) is 3.96. The van der Waals surface area contributed by atoms with Gasteiger partial charge >= 0.3 is 0 Å². The molecule has 0 saturated heterocycles. The smallest absolute Gasteiger partial charge is 0.221 e. The first-order chi connectivity index (χ1) is 7.33. The third kappa shape index (κ3) is 5.57. The van der Waals surface area contributed by atoms with Crippen molar-refractivity contribution in [1.29, 1.82) is 0 Å². The van der Waals surface area contributed by atoms with Crippen LogP contribution in [0.15, 0.2) is 11.6 Å². The second kappa shape index (κ2) is 7.46. The normalized spacial score (nSPS) is 15.1. The Morgan fingerprint density at radius 1 is 1.47 bits per heavy atom. The molecule has 0 aromatic rings. The average Bonchev–Trinajstić information content (AvgIpc) is 2.71. The first-order valence-electron chi connectivity index (χ1n) is 5.98. The summed E-state index contributed by atoms with van der Waals surface area (Å²) in [6.45, 7) is 4.56. The fraction of sp³-hybridized carbons (Fsp3) is 0.750. The van der Waals surface area contributed by atoms with Crippen molar-refractivity contribution in [1.82, 2.24) is 10.6 Å². The maximum Gasteiger partial charge on any atom is 0.221 e. The lowest BCUT2D eigenvalue weighted by Gasteiger charge is -2.05. The van der Waals surface area contributed by atoms with E-state index in [-0.39, 0.29) is 5.91 Å². The number of hydrogen-bond acceptors (Lipinski definition) is 2. The molecule has 0 fully saturated rings. The van der Waals surface area contributed by atoms with Crippen LogP contribution in [0.2, 0.25) is 0 Å². The quantitative estimate of drug-likeness (QED) is 0.495. The average molecular weight is 210 g/mol. The molecule has 0 heterocycles. The fourth-order valence-corrected chi connectivity index (χ4v) is 1.79. The lowest BCUT2D eigenvalue weighted by atomic mass is 10.2. The van der Waals surface area contributed by atoms with Gasteiger partial charge in [0.1, 0.15) is 0 Å². The Bertz CT molecular complexity index is 224. The molecule has 0 unspecified atom stereocenters. The third-order valence-electron chi connectivity index (χ3n) is 2.68. The van der Waals surface area contributed by atoms with Crippen molar-refractivity contribution >= 4 is 5.91 Å². The molecule has 0 aromatic heterocycles. The van der Waals surface area contributed by atoms with Gasteiger partial charge in [0, 0.05) is 19.5 Å². The summed E-state index contributed by atoms with van der Waals surface area (Å²) in [5.74, 6) is 0.162. The topological polar surface area (TPSA) is 41.1 Å². The van der Waals surface area contributed by atoms with Crippen molar-refractivity contribution in [2.45, 2.75) is 39.0 Å². The number of amides is 1. The molecular formula is C12H22N2O. The van der Waals surface area contributed by atoms with Gasteiger partial charge in [-0.25, -0.2) is 0 Å². The largest absolute Gasteiger partial charge is 0.356 e. The maximum absolute atomic E-state index is 11.3. The van der Waals surface area contributed by atoms with Gasteiger partial charge in [0.25, 0.3) is 0 Å². The van der Waals surface area contributed by atoms with E-state index >= 15 is 0 Å². The van der Waals surface area contributed by atoms with Gasteiger partial charge < -0.3 is 10.6 Å². The molecule has 86 valence electrons. The van der Waals surface area contributed by atoms with E-state index in [2.05, 4.69) is 16.7 Å². The zero-order valence-corrected chi connectivity index (χ0v) is 9.64. The fourth-order valence-electron chi connectivity index (χ4n) is 1.79. The zero-order valence-electron chi connectivity index (χ0n) is 9.64. The van der Waals surface area contributed by atoms with E-state index in [1.807, 2.05) is 6.92 Å². The van der Waals surface area contributed by atoms with Gasteiger partial charge in [-0.2, -0.15) is 0 Å². The second-order valence-electron chi connectivity index (χ2n) is 3.96. The highest BCUT2D eigenvalue weighted by Gasteiger charge is 2.05. The molecule has 1 aliphatic carbocycles. The van der Waals surface area contributed by atoms with Crippen LogP contribution in [0.4, 0.5) is 0 Å². The summed E-state index contributed by atoms with van der Waals surface area (Å²) in [6.07, 6.45) is 7.69. The van der Waals surface area contributed by atoms with E-state index in [1.165, 1.54) is 24.8 Å². The Morgan fingerprint density at radius 3 is 3.00 bits per heavy atom. The molecule has 0 bridgehead atoms. The van der Waals surface area contributed by atoms with E-state index < -0.39 is 0 Å². The Hall–Kier alpha value is -0.830. The number of carbonyl (C=O) groups is 1. The van der Waals surface area contributed by atoms with Crippen LogP contribution in [-0.4, -0.2) is 25.5 Å². The number of carbonyl (C=O) groups excluding carboxylic acids is 1. The highest BCUT2D eigenvalue weighted by atomic mass is 16.1. The Kier molecular flexibility index (Phi) is 6.09. The first-order valence-corrected chi connectivity index (χ1v) is 5.98. The van der Waals surface area contributed by atoms with Gasteiger partial charge in [0.2, 0.25) is 5.91 Å². The van der Waals surface area contributed by atoms with Crippen molar-refractivity contribution in [2.75, 3.05) is 19.6 Å². The summed E-state index contributed by atoms with van der Waals surface area (Å²) in [7, 11) is 0. The summed E-state index contributed by atoms with van der Waals surface area (Å²) in [5, 5.41) is 6.09. The number of hydrogen-bond donors (Lipinski definition) is 2. The summed E-state index contributed by atoms with van der Waals surface area (Å²) in [4.78, 5) is 11.3. The summed E-state index contributed by atoms with van der Waals surface area (Å²) < 4.78 is 0. The molecule has 1 rings (SSSR count). The number of nitrogens with one attached hydrogen (secondary N) is 2. The van der Waals surface area contributed by atoms with E-state index in [4.69, 9.17) is 0 Å². The minimum atomic E-state index is 0.162. The summed E-state index contributed by atoms with van der Waals surface area (Å²) >= 11 is 0. The van der Waals surface area contributed by atoms with Gasteiger partial charge in [-0.1, -0.05) is 18.6 Å². The molecule has 0 saturated carbocycles. The number of allylic oxidation sites excluding steroid dienone is 1. The molecule has 1 aliphatic rings. The molecule has 2 N–H and O–H groups in total. The van der Waals surface area contributed by atoms with Crippen molar-refractivity contribution in [2.24, 2.45) is 0 Å². The molecule has 0 atom stereocenters. The van der Waals surface area contributed by atoms with Crippen molar-refractivity contribution in [3.8, 4) is 0 Å². The van der Waals surface area contributed by atoms with Gasteiger partial charge in [-0.15, -0.1) is 0 Å².